The zero-order valence-electron chi connectivity index (χ0n) is 29.3. The van der Waals surface area contributed by atoms with Crippen LogP contribution in [0.2, 0.25) is 0 Å². The highest BCUT2D eigenvalue weighted by Crippen LogP contribution is 2.30. The van der Waals surface area contributed by atoms with Gasteiger partial charge in [-0.25, -0.2) is 9.97 Å². The lowest BCUT2D eigenvalue weighted by Gasteiger charge is -2.23. The van der Waals surface area contributed by atoms with Gasteiger partial charge in [-0.2, -0.15) is 13.2 Å². The van der Waals surface area contributed by atoms with Crippen molar-refractivity contribution < 1.29 is 41.6 Å². The highest BCUT2D eigenvalue weighted by Gasteiger charge is 2.30. The molecule has 2 heterocycles. The summed E-state index contributed by atoms with van der Waals surface area (Å²) >= 11 is 3.33. The van der Waals surface area contributed by atoms with E-state index in [1.165, 1.54) is 12.1 Å². The van der Waals surface area contributed by atoms with Crippen molar-refractivity contribution in [2.24, 2.45) is 0 Å². The maximum atomic E-state index is 12.6. The van der Waals surface area contributed by atoms with E-state index in [1.807, 2.05) is 72.0 Å². The van der Waals surface area contributed by atoms with Crippen molar-refractivity contribution in [3.8, 4) is 0 Å². The molecule has 9 nitrogen and oxygen atoms in total. The zero-order chi connectivity index (χ0) is 36.1. The molecule has 0 amide bonds. The summed E-state index contributed by atoms with van der Waals surface area (Å²) in [6.07, 6.45) is -0.436. The van der Waals surface area contributed by atoms with Crippen molar-refractivity contribution in [3.05, 3.63) is 87.8 Å². The van der Waals surface area contributed by atoms with E-state index in [9.17, 15) is 13.2 Å². The first-order chi connectivity index (χ1) is 23.6. The zero-order valence-corrected chi connectivity index (χ0v) is 30.9. The van der Waals surface area contributed by atoms with Gasteiger partial charge in [0.2, 0.25) is 0 Å². The molecule has 1 N–H and O–H groups in total. The molecule has 1 aromatic carbocycles. The second kappa shape index (κ2) is 23.7. The third-order valence-electron chi connectivity index (χ3n) is 6.99. The summed E-state index contributed by atoms with van der Waals surface area (Å²) in [5.74, 6) is 0.625. The maximum Gasteiger partial charge on any atom is 0.416 e. The predicted octanol–water partition coefficient (Wildman–Crippen LogP) is 9.29. The van der Waals surface area contributed by atoms with Crippen LogP contribution in [-0.4, -0.2) is 62.2 Å². The number of hydrogen-bond acceptors (Lipinski definition) is 9. The van der Waals surface area contributed by atoms with Crippen molar-refractivity contribution in [2.45, 2.75) is 91.9 Å². The minimum absolute atomic E-state index is 0.0614. The number of nitrogens with one attached hydrogen (secondary N) is 1. The van der Waals surface area contributed by atoms with Crippen molar-refractivity contribution in [2.75, 3.05) is 45.0 Å². The number of anilines is 1. The Labute approximate surface area is 297 Å². The van der Waals surface area contributed by atoms with E-state index in [0.717, 1.165) is 33.4 Å². The molecular formula is C36H51BrF3N3O6. The summed E-state index contributed by atoms with van der Waals surface area (Å²) in [6, 6.07) is 12.7. The van der Waals surface area contributed by atoms with E-state index in [2.05, 4.69) is 31.2 Å². The van der Waals surface area contributed by atoms with E-state index in [0.29, 0.717) is 64.8 Å². The van der Waals surface area contributed by atoms with Crippen LogP contribution in [0, 0.1) is 0 Å². The van der Waals surface area contributed by atoms with Crippen molar-refractivity contribution in [1.82, 2.24) is 9.97 Å². The molecule has 49 heavy (non-hydrogen) atoms. The topological polar surface area (TPSA) is 93.2 Å². The molecule has 0 saturated carbocycles. The number of pyridine rings is 2. The fourth-order valence-corrected chi connectivity index (χ4v) is 4.98. The summed E-state index contributed by atoms with van der Waals surface area (Å²) in [5.41, 5.74) is 2.02. The molecule has 0 fully saturated rings. The molecule has 0 aliphatic rings. The number of nitrogens with zero attached hydrogens (tertiary/aromatic N) is 2. The number of ether oxygens (including phenoxy) is 6. The Hall–Kier alpha value is -2.65. The summed E-state index contributed by atoms with van der Waals surface area (Å²) in [4.78, 5) is 8.64. The lowest BCUT2D eigenvalue weighted by atomic mass is 10.1. The maximum absolute atomic E-state index is 12.6. The quantitative estimate of drug-likeness (QED) is 0.0843. The molecule has 0 radical (unpaired) electrons. The van der Waals surface area contributed by atoms with Crippen LogP contribution in [0.15, 0.2) is 65.5 Å². The summed E-state index contributed by atoms with van der Waals surface area (Å²) in [7, 11) is 0. The first-order valence-corrected chi connectivity index (χ1v) is 17.5. The van der Waals surface area contributed by atoms with Crippen LogP contribution in [0.4, 0.5) is 19.0 Å². The van der Waals surface area contributed by atoms with Gasteiger partial charge in [-0.1, -0.05) is 24.3 Å². The van der Waals surface area contributed by atoms with Gasteiger partial charge in [0, 0.05) is 71.4 Å². The number of benzene rings is 1. The predicted molar refractivity (Wildman–Crippen MR) is 187 cm³/mol. The first-order valence-electron chi connectivity index (χ1n) is 16.7. The van der Waals surface area contributed by atoms with Gasteiger partial charge in [-0.15, -0.1) is 0 Å². The van der Waals surface area contributed by atoms with E-state index in [-0.39, 0.29) is 24.8 Å². The van der Waals surface area contributed by atoms with E-state index in [4.69, 9.17) is 28.4 Å². The molecule has 0 saturated heterocycles. The standard InChI is InChI=1S/C22H29F3N2O3.C14H22BrNO3/c1-4-28-19(13-21(29-5-2)30-6-3)17-9-12-20(27-15-17)26-14-16-7-10-18(11-8-16)22(23,24)25;1-4-17-12(9-14(18-5-2)19-6-3)11-7-8-13(15)16-10-11/h7-12,15,19,21H,4-6,13-14H2,1-3H3,(H,26,27);7-8,10,12,14H,4-6,9H2,1-3H3. The van der Waals surface area contributed by atoms with E-state index in [1.54, 1.807) is 6.20 Å². The number of hydrogen-bond donors (Lipinski definition) is 1. The second-order valence-corrected chi connectivity index (χ2v) is 11.3. The van der Waals surface area contributed by atoms with Gasteiger partial charge in [-0.05, 0) is 98.4 Å². The van der Waals surface area contributed by atoms with Crippen molar-refractivity contribution in [3.63, 3.8) is 0 Å². The summed E-state index contributed by atoms with van der Waals surface area (Å²) < 4.78 is 72.7. The minimum Gasteiger partial charge on any atom is -0.374 e. The molecule has 3 aromatic rings. The molecule has 2 atom stereocenters. The van der Waals surface area contributed by atoms with Crippen molar-refractivity contribution >= 4 is 21.7 Å². The largest absolute Gasteiger partial charge is 0.416 e. The van der Waals surface area contributed by atoms with Crippen LogP contribution < -0.4 is 5.32 Å². The number of halogens is 4. The molecule has 0 spiro atoms. The Morgan fingerprint density at radius 1 is 0.612 bits per heavy atom. The van der Waals surface area contributed by atoms with Crippen molar-refractivity contribution in [1.29, 1.82) is 0 Å². The van der Waals surface area contributed by atoms with Crippen LogP contribution in [0.25, 0.3) is 0 Å². The Morgan fingerprint density at radius 3 is 1.43 bits per heavy atom. The van der Waals surface area contributed by atoms with Crippen LogP contribution >= 0.6 is 15.9 Å². The fourth-order valence-electron chi connectivity index (χ4n) is 4.75. The minimum atomic E-state index is -4.33. The molecule has 0 aliphatic heterocycles. The van der Waals surface area contributed by atoms with Gasteiger partial charge in [0.15, 0.2) is 12.6 Å². The molecule has 3 rings (SSSR count). The number of rotatable bonds is 21. The van der Waals surface area contributed by atoms with Crippen LogP contribution in [0.1, 0.15) is 88.8 Å². The molecule has 0 bridgehead atoms. The van der Waals surface area contributed by atoms with Crippen LogP contribution in [0.5, 0.6) is 0 Å². The first kappa shape index (κ1) is 42.5. The monoisotopic (exact) mass is 757 g/mol. The Kier molecular flexibility index (Phi) is 20.6. The van der Waals surface area contributed by atoms with Crippen LogP contribution in [-0.2, 0) is 41.1 Å². The third kappa shape index (κ3) is 16.3. The smallest absolute Gasteiger partial charge is 0.374 e. The molecule has 13 heteroatoms. The average molecular weight is 759 g/mol. The Bertz CT molecular complexity index is 1260. The number of alkyl halides is 3. The molecule has 274 valence electrons. The van der Waals surface area contributed by atoms with Gasteiger partial charge in [0.1, 0.15) is 10.4 Å². The molecule has 0 aliphatic carbocycles. The molecule has 2 aromatic heterocycles. The number of aromatic nitrogens is 2. The normalized spacial score (nSPS) is 12.9. The van der Waals surface area contributed by atoms with E-state index < -0.39 is 11.7 Å². The molecular weight excluding hydrogens is 707 g/mol. The highest BCUT2D eigenvalue weighted by molar-refractivity contribution is 9.10. The lowest BCUT2D eigenvalue weighted by molar-refractivity contribution is -0.158. The summed E-state index contributed by atoms with van der Waals surface area (Å²) in [5, 5.41) is 3.12. The average Bonchev–Trinajstić information content (AvgIpc) is 3.08. The second-order valence-electron chi connectivity index (χ2n) is 10.5. The Balaban J connectivity index is 0.000000377. The van der Waals surface area contributed by atoms with Gasteiger partial charge >= 0.3 is 6.18 Å². The van der Waals surface area contributed by atoms with Gasteiger partial charge in [0.05, 0.1) is 17.8 Å². The lowest BCUT2D eigenvalue weighted by Crippen LogP contribution is -2.22. The molecule has 2 unspecified atom stereocenters. The summed E-state index contributed by atoms with van der Waals surface area (Å²) in [6.45, 7) is 15.6. The third-order valence-corrected chi connectivity index (χ3v) is 7.46. The van der Waals surface area contributed by atoms with E-state index >= 15 is 0 Å². The van der Waals surface area contributed by atoms with Crippen LogP contribution in [0.3, 0.4) is 0 Å². The van der Waals surface area contributed by atoms with Gasteiger partial charge in [-0.3, -0.25) is 0 Å². The SMILES string of the molecule is CCOC(CC(OCC)c1ccc(Br)nc1)OCC.CCOC(CC(OCC)c1ccc(NCc2ccc(C(F)(F)F)cc2)nc1)OCC. The highest BCUT2D eigenvalue weighted by atomic mass is 79.9. The fraction of sp³-hybridized carbons (Fsp3) is 0.556. The van der Waals surface area contributed by atoms with Gasteiger partial charge in [0.25, 0.3) is 0 Å². The Morgan fingerprint density at radius 2 is 1.06 bits per heavy atom. The van der Waals surface area contributed by atoms with Gasteiger partial charge < -0.3 is 33.7 Å².